The van der Waals surface area contributed by atoms with E-state index in [-0.39, 0.29) is 0 Å². The topological polar surface area (TPSA) is 9.86 Å². The van der Waals surface area contributed by atoms with E-state index >= 15 is 0 Å². The average Bonchev–Trinajstić information content (AvgIpc) is 4.02. The molecule has 13 rings (SSSR count). The maximum absolute atomic E-state index is 2.42. The maximum atomic E-state index is 2.42. The van der Waals surface area contributed by atoms with Gasteiger partial charge in [0.15, 0.2) is 0 Å². The SMILES string of the molecule is c1ccc(-c2ccc3c(c2)c2cc(-c4ccccc4)ccc2n3-c2ccc(-c3ccc(-c4ccc(-n5c6ccccc6c6c7sc8ccccc8c7ccc65)cc4)cc3)cc2)cc1. The standard InChI is InChI=1S/C60H38N2S/c1-3-11-39(12-4-1)45-27-34-55-52(37-45)53-38-46(40-13-5-2-6-14-40)28-35-56(53)61(55)47-29-23-43(24-30-47)41-19-21-42(22-20-41)44-25-31-48(32-26-44)62-54-17-9-7-16-51(54)59-57(62)36-33-50-49-15-8-10-18-58(49)63-60(50)59/h1-38H. The minimum absolute atomic E-state index is 1.15. The van der Waals surface area contributed by atoms with Gasteiger partial charge in [-0.05, 0) is 111 Å². The van der Waals surface area contributed by atoms with E-state index in [1.165, 1.54) is 114 Å². The lowest BCUT2D eigenvalue weighted by molar-refractivity contribution is 1.18. The fourth-order valence-electron chi connectivity index (χ4n) is 9.90. The molecular weight excluding hydrogens is 781 g/mol. The van der Waals surface area contributed by atoms with Crippen LogP contribution in [0.4, 0.5) is 0 Å². The third-order valence-corrected chi connectivity index (χ3v) is 14.2. The van der Waals surface area contributed by atoms with Crippen LogP contribution < -0.4 is 0 Å². The molecule has 2 nitrogen and oxygen atoms in total. The van der Waals surface area contributed by atoms with Crippen molar-refractivity contribution in [2.24, 2.45) is 0 Å². The molecule has 0 amide bonds. The van der Waals surface area contributed by atoms with Crippen molar-refractivity contribution >= 4 is 75.1 Å². The van der Waals surface area contributed by atoms with Crippen LogP contribution in [0, 0.1) is 0 Å². The molecule has 63 heavy (non-hydrogen) atoms. The Morgan fingerprint density at radius 1 is 0.254 bits per heavy atom. The van der Waals surface area contributed by atoms with Gasteiger partial charge >= 0.3 is 0 Å². The van der Waals surface area contributed by atoms with Crippen molar-refractivity contribution in [3.05, 3.63) is 231 Å². The number of benzene rings is 10. The Kier molecular flexibility index (Phi) is 8.12. The first kappa shape index (κ1) is 35.7. The quantitative estimate of drug-likeness (QED) is 0.158. The molecular formula is C60H38N2S. The minimum atomic E-state index is 1.15. The zero-order chi connectivity index (χ0) is 41.4. The Morgan fingerprint density at radius 3 is 1.21 bits per heavy atom. The number of nitrogens with zero attached hydrogens (tertiary/aromatic N) is 2. The number of para-hydroxylation sites is 1. The van der Waals surface area contributed by atoms with E-state index in [1.54, 1.807) is 0 Å². The monoisotopic (exact) mass is 818 g/mol. The van der Waals surface area contributed by atoms with Crippen molar-refractivity contribution < 1.29 is 0 Å². The Balaban J connectivity index is 0.824. The first-order valence-electron chi connectivity index (χ1n) is 21.6. The molecule has 0 saturated carbocycles. The van der Waals surface area contributed by atoms with Crippen LogP contribution in [0.5, 0.6) is 0 Å². The Hall–Kier alpha value is -7.98. The number of thiophene rings is 1. The normalized spacial score (nSPS) is 11.8. The van der Waals surface area contributed by atoms with Crippen molar-refractivity contribution in [2.45, 2.75) is 0 Å². The van der Waals surface area contributed by atoms with Gasteiger partial charge in [0, 0.05) is 53.1 Å². The molecule has 0 spiro atoms. The van der Waals surface area contributed by atoms with E-state index in [1.807, 2.05) is 11.3 Å². The van der Waals surface area contributed by atoms with Gasteiger partial charge in [0.2, 0.25) is 0 Å². The van der Waals surface area contributed by atoms with Crippen LogP contribution in [0.25, 0.3) is 120 Å². The van der Waals surface area contributed by atoms with E-state index in [0.29, 0.717) is 0 Å². The number of fused-ring (bicyclic) bond motifs is 10. The molecule has 13 aromatic rings. The smallest absolute Gasteiger partial charge is 0.0555 e. The summed E-state index contributed by atoms with van der Waals surface area (Å²) in [6.07, 6.45) is 0. The van der Waals surface area contributed by atoms with Gasteiger partial charge in [0.1, 0.15) is 0 Å². The van der Waals surface area contributed by atoms with Crippen LogP contribution in [0.3, 0.4) is 0 Å². The summed E-state index contributed by atoms with van der Waals surface area (Å²) >= 11 is 1.90. The highest BCUT2D eigenvalue weighted by Crippen LogP contribution is 2.44. The first-order chi connectivity index (χ1) is 31.2. The second kappa shape index (κ2) is 14.3. The van der Waals surface area contributed by atoms with E-state index in [0.717, 1.165) is 5.69 Å². The highest BCUT2D eigenvalue weighted by molar-refractivity contribution is 7.26. The fourth-order valence-corrected chi connectivity index (χ4v) is 11.2. The second-order valence-corrected chi connectivity index (χ2v) is 17.5. The molecule has 3 heteroatoms. The molecule has 0 aliphatic carbocycles. The van der Waals surface area contributed by atoms with E-state index in [2.05, 4.69) is 240 Å². The number of hydrogen-bond acceptors (Lipinski definition) is 1. The van der Waals surface area contributed by atoms with Gasteiger partial charge in [-0.25, -0.2) is 0 Å². The molecule has 3 heterocycles. The predicted octanol–water partition coefficient (Wildman–Crippen LogP) is 16.9. The molecule has 0 radical (unpaired) electrons. The summed E-state index contributed by atoms with van der Waals surface area (Å²) < 4.78 is 7.53. The van der Waals surface area contributed by atoms with Crippen LogP contribution >= 0.6 is 11.3 Å². The number of rotatable bonds is 6. The molecule has 0 atom stereocenters. The fraction of sp³-hybridized carbons (Fsp3) is 0. The van der Waals surface area contributed by atoms with Gasteiger partial charge in [-0.1, -0.05) is 164 Å². The van der Waals surface area contributed by atoms with Crippen molar-refractivity contribution in [3.8, 4) is 55.9 Å². The molecule has 10 aromatic carbocycles. The number of aromatic nitrogens is 2. The highest BCUT2D eigenvalue weighted by Gasteiger charge is 2.18. The Labute approximate surface area is 368 Å². The van der Waals surface area contributed by atoms with Crippen LogP contribution in [0.2, 0.25) is 0 Å². The summed E-state index contributed by atoms with van der Waals surface area (Å²) in [4.78, 5) is 0. The molecule has 0 bridgehead atoms. The van der Waals surface area contributed by atoms with Crippen LogP contribution in [0.1, 0.15) is 0 Å². The molecule has 0 unspecified atom stereocenters. The molecule has 0 aliphatic rings. The lowest BCUT2D eigenvalue weighted by atomic mass is 10.00. The van der Waals surface area contributed by atoms with Crippen molar-refractivity contribution in [3.63, 3.8) is 0 Å². The van der Waals surface area contributed by atoms with Crippen LogP contribution in [0.15, 0.2) is 231 Å². The summed E-state index contributed by atoms with van der Waals surface area (Å²) in [5.74, 6) is 0. The summed E-state index contributed by atoms with van der Waals surface area (Å²) in [5, 5.41) is 7.80. The van der Waals surface area contributed by atoms with Crippen molar-refractivity contribution in [1.29, 1.82) is 0 Å². The van der Waals surface area contributed by atoms with Crippen molar-refractivity contribution in [2.75, 3.05) is 0 Å². The summed E-state index contributed by atoms with van der Waals surface area (Å²) in [7, 11) is 0. The average molecular weight is 819 g/mol. The third-order valence-electron chi connectivity index (χ3n) is 13.0. The highest BCUT2D eigenvalue weighted by atomic mass is 32.1. The zero-order valence-corrected chi connectivity index (χ0v) is 35.1. The van der Waals surface area contributed by atoms with Crippen molar-refractivity contribution in [1.82, 2.24) is 9.13 Å². The van der Waals surface area contributed by atoms with Gasteiger partial charge in [0.25, 0.3) is 0 Å². The zero-order valence-electron chi connectivity index (χ0n) is 34.2. The largest absolute Gasteiger partial charge is 0.309 e. The maximum Gasteiger partial charge on any atom is 0.0555 e. The van der Waals surface area contributed by atoms with Gasteiger partial charge in [-0.2, -0.15) is 0 Å². The lowest BCUT2D eigenvalue weighted by Gasteiger charge is -2.11. The molecule has 0 aliphatic heterocycles. The molecule has 294 valence electrons. The van der Waals surface area contributed by atoms with Gasteiger partial charge in [-0.3, -0.25) is 0 Å². The molecule has 0 fully saturated rings. The molecule has 3 aromatic heterocycles. The van der Waals surface area contributed by atoms with E-state index in [9.17, 15) is 0 Å². The van der Waals surface area contributed by atoms with Gasteiger partial charge < -0.3 is 9.13 Å². The second-order valence-electron chi connectivity index (χ2n) is 16.5. The summed E-state index contributed by atoms with van der Waals surface area (Å²) in [5.41, 5.74) is 16.9. The van der Waals surface area contributed by atoms with E-state index in [4.69, 9.17) is 0 Å². The minimum Gasteiger partial charge on any atom is -0.309 e. The number of hydrogen-bond donors (Lipinski definition) is 0. The van der Waals surface area contributed by atoms with Gasteiger partial charge in [0.05, 0.1) is 22.1 Å². The third kappa shape index (κ3) is 5.78. The Morgan fingerprint density at radius 2 is 0.651 bits per heavy atom. The van der Waals surface area contributed by atoms with Gasteiger partial charge in [-0.15, -0.1) is 11.3 Å². The predicted molar refractivity (Wildman–Crippen MR) is 270 cm³/mol. The van der Waals surface area contributed by atoms with Crippen LogP contribution in [-0.2, 0) is 0 Å². The summed E-state index contributed by atoms with van der Waals surface area (Å²) in [6, 6.07) is 84.4. The lowest BCUT2D eigenvalue weighted by Crippen LogP contribution is -1.94. The summed E-state index contributed by atoms with van der Waals surface area (Å²) in [6.45, 7) is 0. The first-order valence-corrected chi connectivity index (χ1v) is 22.4. The molecule has 0 saturated heterocycles. The molecule has 0 N–H and O–H groups in total. The Bertz CT molecular complexity index is 3760. The van der Waals surface area contributed by atoms with E-state index < -0.39 is 0 Å². The van der Waals surface area contributed by atoms with Crippen LogP contribution in [-0.4, -0.2) is 9.13 Å².